The van der Waals surface area contributed by atoms with Crippen molar-refractivity contribution in [2.75, 3.05) is 4.90 Å². The number of fused-ring (bicyclic) bond motifs is 2. The van der Waals surface area contributed by atoms with Crippen LogP contribution in [0.4, 0.5) is 5.69 Å². The minimum absolute atomic E-state index is 0.0634. The summed E-state index contributed by atoms with van der Waals surface area (Å²) in [5.41, 5.74) is 0.740. The summed E-state index contributed by atoms with van der Waals surface area (Å²) in [4.78, 5) is 26.1. The van der Waals surface area contributed by atoms with Gasteiger partial charge in [-0.3, -0.25) is 9.59 Å². The number of carbonyl (C=O) groups excluding carboxylic acids is 1. The average molecular weight is 308 g/mol. The van der Waals surface area contributed by atoms with Gasteiger partial charge in [-0.2, -0.15) is 0 Å². The van der Waals surface area contributed by atoms with Gasteiger partial charge in [-0.25, -0.2) is 0 Å². The Bertz CT molecular complexity index is 586. The van der Waals surface area contributed by atoms with E-state index in [0.29, 0.717) is 5.02 Å². The van der Waals surface area contributed by atoms with Gasteiger partial charge in [0.1, 0.15) is 0 Å². The molecule has 1 amide bonds. The van der Waals surface area contributed by atoms with E-state index in [0.717, 1.165) is 12.1 Å². The number of rotatable bonds is 2. The Hall–Kier alpha value is -1.55. The lowest BCUT2D eigenvalue weighted by Crippen LogP contribution is -2.45. The Labute approximate surface area is 128 Å². The predicted molar refractivity (Wildman–Crippen MR) is 80.3 cm³/mol. The van der Waals surface area contributed by atoms with Crippen LogP contribution in [-0.4, -0.2) is 23.0 Å². The van der Waals surface area contributed by atoms with Gasteiger partial charge >= 0.3 is 5.97 Å². The van der Waals surface area contributed by atoms with E-state index in [2.05, 4.69) is 0 Å². The summed E-state index contributed by atoms with van der Waals surface area (Å²) in [5, 5.41) is 10.2. The summed E-state index contributed by atoms with van der Waals surface area (Å²) in [7, 11) is 0. The van der Waals surface area contributed by atoms with Crippen LogP contribution in [0.25, 0.3) is 0 Å². The molecule has 4 nitrogen and oxygen atoms in total. The molecule has 0 radical (unpaired) electrons. The highest BCUT2D eigenvalue weighted by Gasteiger charge is 2.58. The van der Waals surface area contributed by atoms with Crippen LogP contribution in [0.2, 0.25) is 5.02 Å². The second kappa shape index (κ2) is 5.02. The number of hydrogen-bond donors (Lipinski definition) is 1. The highest BCUT2D eigenvalue weighted by Crippen LogP contribution is 2.49. The maximum atomic E-state index is 12.8. The van der Waals surface area contributed by atoms with Gasteiger partial charge in [0, 0.05) is 10.7 Å². The molecule has 1 saturated heterocycles. The Morgan fingerprint density at radius 1 is 1.24 bits per heavy atom. The van der Waals surface area contributed by atoms with Crippen molar-refractivity contribution in [2.24, 2.45) is 23.7 Å². The maximum absolute atomic E-state index is 12.8. The first-order chi connectivity index (χ1) is 9.91. The van der Waals surface area contributed by atoms with Crippen LogP contribution in [0.5, 0.6) is 0 Å². The quantitative estimate of drug-likeness (QED) is 0.913. The van der Waals surface area contributed by atoms with Crippen molar-refractivity contribution in [3.63, 3.8) is 0 Å². The number of amides is 1. The smallest absolute Gasteiger partial charge is 0.309 e. The van der Waals surface area contributed by atoms with Gasteiger partial charge in [0.25, 0.3) is 0 Å². The number of aliphatic carboxylic acids is 1. The molecule has 112 valence electrons. The largest absolute Gasteiger partial charge is 0.481 e. The molecule has 1 heterocycles. The zero-order chi connectivity index (χ0) is 15.3. The van der Waals surface area contributed by atoms with Crippen molar-refractivity contribution in [1.29, 1.82) is 0 Å². The van der Waals surface area contributed by atoms with Crippen LogP contribution in [0, 0.1) is 23.7 Å². The first-order valence-electron chi connectivity index (χ1n) is 7.23. The van der Waals surface area contributed by atoms with Crippen molar-refractivity contribution in [3.8, 4) is 0 Å². The number of carboxylic acid groups (broad SMARTS) is 1. The second-order valence-corrected chi connectivity index (χ2v) is 6.69. The molecule has 1 aliphatic heterocycles. The van der Waals surface area contributed by atoms with E-state index < -0.39 is 17.8 Å². The van der Waals surface area contributed by atoms with Gasteiger partial charge in [0.15, 0.2) is 0 Å². The molecule has 5 atom stereocenters. The molecule has 0 spiro atoms. The number of halogens is 1. The molecule has 0 aromatic heterocycles. The highest BCUT2D eigenvalue weighted by atomic mass is 35.5. The summed E-state index contributed by atoms with van der Waals surface area (Å²) in [6, 6.07) is 6.78. The first kappa shape index (κ1) is 14.4. The maximum Gasteiger partial charge on any atom is 0.309 e. The normalized spacial score (nSPS) is 35.1. The summed E-state index contributed by atoms with van der Waals surface area (Å²) >= 11 is 5.90. The first-order valence-corrected chi connectivity index (χ1v) is 7.61. The molecule has 1 aromatic rings. The van der Waals surface area contributed by atoms with Gasteiger partial charge in [0.05, 0.1) is 17.9 Å². The summed E-state index contributed by atoms with van der Waals surface area (Å²) in [6.07, 6.45) is 0.884. The van der Waals surface area contributed by atoms with E-state index in [-0.39, 0.29) is 23.8 Å². The van der Waals surface area contributed by atoms with Crippen LogP contribution >= 0.6 is 11.6 Å². The molecule has 2 fully saturated rings. The van der Waals surface area contributed by atoms with E-state index in [1.54, 1.807) is 29.2 Å². The number of benzene rings is 1. The molecule has 5 unspecified atom stereocenters. The van der Waals surface area contributed by atoms with Crippen LogP contribution in [-0.2, 0) is 9.59 Å². The molecule has 2 aliphatic rings. The number of carboxylic acids is 1. The Morgan fingerprint density at radius 2 is 1.86 bits per heavy atom. The van der Waals surface area contributed by atoms with Crippen molar-refractivity contribution < 1.29 is 14.7 Å². The van der Waals surface area contributed by atoms with E-state index >= 15 is 0 Å². The third-order valence-corrected chi connectivity index (χ3v) is 5.16. The molecule has 3 rings (SSSR count). The molecular weight excluding hydrogens is 290 g/mol. The molecule has 1 aromatic carbocycles. The zero-order valence-electron chi connectivity index (χ0n) is 12.0. The fourth-order valence-electron chi connectivity index (χ4n) is 4.11. The van der Waals surface area contributed by atoms with Gasteiger partial charge in [-0.05, 0) is 42.5 Å². The third kappa shape index (κ3) is 2.13. The van der Waals surface area contributed by atoms with E-state index in [1.165, 1.54) is 0 Å². The topological polar surface area (TPSA) is 57.6 Å². The van der Waals surface area contributed by atoms with Gasteiger partial charge in [0.2, 0.25) is 5.91 Å². The SMILES string of the molecule is CC1CC(C)C2C(C(=O)O)C1C(=O)N2c1ccc(Cl)cc1. The minimum atomic E-state index is -0.867. The minimum Gasteiger partial charge on any atom is -0.481 e. The van der Waals surface area contributed by atoms with Crippen LogP contribution in [0.1, 0.15) is 20.3 Å². The molecule has 21 heavy (non-hydrogen) atoms. The predicted octanol–water partition coefficient (Wildman–Crippen LogP) is 3.05. The fraction of sp³-hybridized carbons (Fsp3) is 0.500. The van der Waals surface area contributed by atoms with Crippen molar-refractivity contribution >= 4 is 29.2 Å². The standard InChI is InChI=1S/C16H18ClNO3/c1-8-7-9(2)14-13(16(20)21)12(8)15(19)18(14)11-5-3-10(17)4-6-11/h3-6,8-9,12-14H,7H2,1-2H3,(H,20,21). The lowest BCUT2D eigenvalue weighted by atomic mass is 9.69. The summed E-state index contributed by atoms with van der Waals surface area (Å²) < 4.78 is 0. The molecule has 1 saturated carbocycles. The van der Waals surface area contributed by atoms with Gasteiger partial charge in [-0.1, -0.05) is 25.4 Å². The molecular formula is C16H18ClNO3. The van der Waals surface area contributed by atoms with Crippen LogP contribution in [0.3, 0.4) is 0 Å². The van der Waals surface area contributed by atoms with E-state index in [4.69, 9.17) is 11.6 Å². The highest BCUT2D eigenvalue weighted by molar-refractivity contribution is 6.30. The van der Waals surface area contributed by atoms with E-state index in [9.17, 15) is 14.7 Å². The summed E-state index contributed by atoms with van der Waals surface area (Å²) in [5.74, 6) is -1.70. The molecule has 5 heteroatoms. The molecule has 1 aliphatic carbocycles. The van der Waals surface area contributed by atoms with Crippen LogP contribution in [0.15, 0.2) is 24.3 Å². The monoisotopic (exact) mass is 307 g/mol. The van der Waals surface area contributed by atoms with Crippen molar-refractivity contribution in [2.45, 2.75) is 26.3 Å². The summed E-state index contributed by atoms with van der Waals surface area (Å²) in [6.45, 7) is 4.02. The Kier molecular flexibility index (Phi) is 3.44. The number of anilines is 1. The Balaban J connectivity index is 2.07. The number of nitrogens with zero attached hydrogens (tertiary/aromatic N) is 1. The fourth-order valence-corrected chi connectivity index (χ4v) is 4.24. The van der Waals surface area contributed by atoms with Crippen LogP contribution < -0.4 is 4.90 Å². The van der Waals surface area contributed by atoms with Crippen molar-refractivity contribution in [3.05, 3.63) is 29.3 Å². The third-order valence-electron chi connectivity index (χ3n) is 4.91. The Morgan fingerprint density at radius 3 is 2.43 bits per heavy atom. The zero-order valence-corrected chi connectivity index (χ0v) is 12.7. The van der Waals surface area contributed by atoms with E-state index in [1.807, 2.05) is 13.8 Å². The lowest BCUT2D eigenvalue weighted by molar-refractivity contribution is -0.147. The second-order valence-electron chi connectivity index (χ2n) is 6.26. The number of hydrogen-bond acceptors (Lipinski definition) is 2. The molecule has 1 N–H and O–H groups in total. The van der Waals surface area contributed by atoms with Gasteiger partial charge < -0.3 is 10.0 Å². The van der Waals surface area contributed by atoms with Gasteiger partial charge in [-0.15, -0.1) is 0 Å². The molecule has 2 bridgehead atoms. The number of carbonyl (C=O) groups is 2. The van der Waals surface area contributed by atoms with Crippen molar-refractivity contribution in [1.82, 2.24) is 0 Å². The lowest BCUT2D eigenvalue weighted by Gasteiger charge is -2.36. The average Bonchev–Trinajstić information content (AvgIpc) is 2.68.